The molecule has 2 heterocycles. The molecule has 0 unspecified atom stereocenters. The standard InChI is InChI=1S/C27H38N3S.C25H34N2OS.CH4.HI/c1-6-7-8-9-10-11-12-13-14-15-21-18-24-27(20-25(21)30(4)5)31-26-19-22(29(2)3)16-17-23(26)28-24;1-4-5-6-7-8-9-10-11-12-13-19-16-22-25(18-23(19)28)29-24-17-20(27(2)3)14-15-21(24)26-22;;/h14-20H,6-13H2,1-5H3;14-18H,4-13H2,1-3H3;1H4;1H/q+1;;;/p-1/b15-14+;;;. The summed E-state index contributed by atoms with van der Waals surface area (Å²) >= 11 is 3.49. The van der Waals surface area contributed by atoms with Gasteiger partial charge in [-0.05, 0) is 74.2 Å². The predicted octanol–water partition coefficient (Wildman–Crippen LogP) is 11.2. The zero-order chi connectivity index (χ0) is 42.9. The summed E-state index contributed by atoms with van der Waals surface area (Å²) in [5.41, 5.74) is 8.80. The van der Waals surface area contributed by atoms with Crippen LogP contribution in [0.4, 0.5) is 11.4 Å². The third-order valence-corrected chi connectivity index (χ3v) is 13.6. The van der Waals surface area contributed by atoms with E-state index in [1.807, 2.05) is 31.5 Å². The third-order valence-electron chi connectivity index (χ3n) is 11.4. The quantitative estimate of drug-likeness (QED) is 0.0311. The second kappa shape index (κ2) is 27.7. The predicted molar refractivity (Wildman–Crippen MR) is 274 cm³/mol. The lowest BCUT2D eigenvalue weighted by Crippen LogP contribution is -3.00. The molecule has 0 amide bonds. The summed E-state index contributed by atoms with van der Waals surface area (Å²) in [7, 11) is 12.5. The Balaban J connectivity index is 0.000000321. The SMILES string of the molecule is C.CCCCCCCCC/C=C/c1cc2nc3ccc(N(C)C)cc3sc-2cc1=[N+](C)C.CCCCCCCCCCCc1cc2nc3ccc(N(C)C)cc3sc-2cc1=O.[I-]. The molecule has 6 nitrogen and oxygen atoms in total. The number of fused-ring (bicyclic) bond motifs is 4. The number of hydrogen-bond donors (Lipinski definition) is 0. The number of allylic oxidation sites excluding steroid dienone is 1. The molecule has 0 radical (unpaired) electrons. The lowest BCUT2D eigenvalue weighted by Gasteiger charge is -2.14. The first-order valence-electron chi connectivity index (χ1n) is 22.9. The summed E-state index contributed by atoms with van der Waals surface area (Å²) in [5, 5.41) is 1.25. The highest BCUT2D eigenvalue weighted by Gasteiger charge is 2.14. The van der Waals surface area contributed by atoms with Crippen molar-refractivity contribution >= 4 is 60.6 Å². The lowest BCUT2D eigenvalue weighted by atomic mass is 10.0. The number of rotatable bonds is 21. The van der Waals surface area contributed by atoms with Gasteiger partial charge >= 0.3 is 0 Å². The molecule has 0 saturated carbocycles. The number of nitrogens with zero attached hydrogens (tertiary/aromatic N) is 5. The molecule has 0 N–H and O–H groups in total. The van der Waals surface area contributed by atoms with E-state index in [1.54, 1.807) is 17.4 Å². The Hall–Kier alpha value is -3.41. The van der Waals surface area contributed by atoms with Gasteiger partial charge in [0.1, 0.15) is 14.1 Å². The van der Waals surface area contributed by atoms with Gasteiger partial charge in [0.05, 0.1) is 41.6 Å². The van der Waals surface area contributed by atoms with E-state index in [9.17, 15) is 4.79 Å². The van der Waals surface area contributed by atoms with Crippen LogP contribution < -0.4 is 49.1 Å². The summed E-state index contributed by atoms with van der Waals surface area (Å²) in [6, 6.07) is 21.2. The number of unbranched alkanes of at least 4 members (excludes halogenated alkanes) is 15. The molecule has 0 fully saturated rings. The van der Waals surface area contributed by atoms with E-state index in [0.29, 0.717) is 0 Å². The zero-order valence-corrected chi connectivity index (χ0v) is 42.3. The largest absolute Gasteiger partial charge is 1.00 e. The topological polar surface area (TPSA) is 52.3 Å². The maximum Gasteiger partial charge on any atom is 0.208 e. The van der Waals surface area contributed by atoms with Crippen molar-refractivity contribution in [1.82, 2.24) is 14.5 Å². The molecule has 0 saturated heterocycles. The average Bonchev–Trinajstić information content (AvgIpc) is 3.23. The fourth-order valence-electron chi connectivity index (χ4n) is 7.68. The Labute approximate surface area is 400 Å². The van der Waals surface area contributed by atoms with Crippen molar-refractivity contribution in [3.8, 4) is 21.1 Å². The van der Waals surface area contributed by atoms with Gasteiger partial charge in [-0.15, -0.1) is 22.7 Å². The minimum Gasteiger partial charge on any atom is -1.00 e. The van der Waals surface area contributed by atoms with Gasteiger partial charge in [-0.1, -0.05) is 123 Å². The third kappa shape index (κ3) is 16.0. The van der Waals surface area contributed by atoms with Crippen LogP contribution in [-0.4, -0.2) is 52.3 Å². The first-order chi connectivity index (χ1) is 29.1. The molecule has 6 rings (SSSR count). The monoisotopic (exact) mass is 989 g/mol. The molecule has 2 aliphatic carbocycles. The Morgan fingerprint density at radius 1 is 0.597 bits per heavy atom. The highest BCUT2D eigenvalue weighted by Crippen LogP contribution is 2.34. The van der Waals surface area contributed by atoms with Crippen molar-refractivity contribution in [1.29, 1.82) is 0 Å². The molecule has 0 aromatic heterocycles. The number of aryl methyl sites for hydroxylation is 1. The van der Waals surface area contributed by atoms with Crippen LogP contribution in [0.3, 0.4) is 0 Å². The van der Waals surface area contributed by atoms with Gasteiger partial charge in [0.15, 0.2) is 5.43 Å². The van der Waals surface area contributed by atoms with E-state index < -0.39 is 0 Å². The van der Waals surface area contributed by atoms with Gasteiger partial charge < -0.3 is 33.8 Å². The molecular formula is C53H76IN5OS2. The smallest absolute Gasteiger partial charge is 0.208 e. The van der Waals surface area contributed by atoms with Gasteiger partial charge in [0.2, 0.25) is 5.36 Å². The number of aromatic nitrogens is 2. The Bertz CT molecular complexity index is 2340. The molecule has 2 aliphatic heterocycles. The number of halogens is 1. The van der Waals surface area contributed by atoms with Crippen molar-refractivity contribution in [2.24, 2.45) is 0 Å². The minimum atomic E-state index is 0. The first kappa shape index (κ1) is 52.9. The molecule has 4 aliphatic rings. The van der Waals surface area contributed by atoms with Crippen LogP contribution in [0.5, 0.6) is 0 Å². The lowest BCUT2D eigenvalue weighted by molar-refractivity contribution is -0.0000129. The normalized spacial score (nSPS) is 11.2. The Kier molecular flexibility index (Phi) is 23.7. The van der Waals surface area contributed by atoms with Crippen LogP contribution in [0.15, 0.2) is 71.5 Å². The van der Waals surface area contributed by atoms with Gasteiger partial charge in [0, 0.05) is 62.8 Å². The van der Waals surface area contributed by atoms with Crippen LogP contribution in [0.1, 0.15) is 142 Å². The Morgan fingerprint density at radius 3 is 1.56 bits per heavy atom. The van der Waals surface area contributed by atoms with Crippen molar-refractivity contribution < 1.29 is 24.0 Å². The second-order valence-corrected chi connectivity index (χ2v) is 19.3. The van der Waals surface area contributed by atoms with E-state index in [2.05, 4.69) is 117 Å². The van der Waals surface area contributed by atoms with Crippen LogP contribution in [0, 0.1) is 0 Å². The Morgan fingerprint density at radius 2 is 1.06 bits per heavy atom. The molecule has 2 aromatic rings. The number of hydrogen-bond acceptors (Lipinski definition) is 7. The van der Waals surface area contributed by atoms with Gasteiger partial charge in [-0.3, -0.25) is 4.79 Å². The fourth-order valence-corrected chi connectivity index (χ4v) is 9.71. The van der Waals surface area contributed by atoms with E-state index in [1.165, 1.54) is 122 Å². The van der Waals surface area contributed by atoms with Crippen molar-refractivity contribution in [2.45, 2.75) is 137 Å². The van der Waals surface area contributed by atoms with E-state index in [0.717, 1.165) is 62.5 Å². The molecule has 0 bridgehead atoms. The van der Waals surface area contributed by atoms with Crippen LogP contribution in [0.2, 0.25) is 0 Å². The van der Waals surface area contributed by atoms with Crippen molar-refractivity contribution in [3.63, 3.8) is 0 Å². The minimum absolute atomic E-state index is 0. The number of anilines is 2. The number of benzene rings is 4. The van der Waals surface area contributed by atoms with Crippen LogP contribution in [0.25, 0.3) is 47.7 Å². The molecule has 0 spiro atoms. The molecule has 62 heavy (non-hydrogen) atoms. The molecule has 338 valence electrons. The molecule has 2 aromatic carbocycles. The van der Waals surface area contributed by atoms with Crippen LogP contribution >= 0.6 is 22.7 Å². The van der Waals surface area contributed by atoms with E-state index >= 15 is 0 Å². The highest BCUT2D eigenvalue weighted by atomic mass is 127. The molecular weight excluding hydrogens is 914 g/mol. The molecule has 9 heteroatoms. The van der Waals surface area contributed by atoms with Crippen LogP contribution in [-0.2, 0) is 6.42 Å². The average molecular weight is 990 g/mol. The van der Waals surface area contributed by atoms with Crippen molar-refractivity contribution in [2.75, 3.05) is 52.1 Å². The maximum atomic E-state index is 12.6. The van der Waals surface area contributed by atoms with Gasteiger partial charge in [-0.2, -0.15) is 0 Å². The molecule has 0 atom stereocenters. The first-order valence-corrected chi connectivity index (χ1v) is 24.5. The summed E-state index contributed by atoms with van der Waals surface area (Å²) in [5.74, 6) is 0. The zero-order valence-electron chi connectivity index (χ0n) is 38.5. The summed E-state index contributed by atoms with van der Waals surface area (Å²) in [6.45, 7) is 4.54. The second-order valence-electron chi connectivity index (χ2n) is 17.1. The summed E-state index contributed by atoms with van der Waals surface area (Å²) < 4.78 is 4.56. The van der Waals surface area contributed by atoms with Gasteiger partial charge in [-0.25, -0.2) is 14.5 Å². The highest BCUT2D eigenvalue weighted by molar-refractivity contribution is 7.21. The van der Waals surface area contributed by atoms with Crippen molar-refractivity contribution in [3.05, 3.63) is 93.4 Å². The van der Waals surface area contributed by atoms with Gasteiger partial charge in [0.25, 0.3) is 0 Å². The van der Waals surface area contributed by atoms with E-state index in [4.69, 9.17) is 9.97 Å². The summed E-state index contributed by atoms with van der Waals surface area (Å²) in [4.78, 5) is 28.8. The van der Waals surface area contributed by atoms with E-state index in [-0.39, 0.29) is 36.8 Å². The summed E-state index contributed by atoms with van der Waals surface area (Å²) in [6.07, 6.45) is 27.9. The fraction of sp³-hybridized carbons (Fsp3) is 0.509. The maximum absolute atomic E-state index is 12.6.